The van der Waals surface area contributed by atoms with E-state index in [1.54, 1.807) is 7.11 Å². The predicted octanol–water partition coefficient (Wildman–Crippen LogP) is 4.53. The summed E-state index contributed by atoms with van der Waals surface area (Å²) in [4.78, 5) is 17.0. The van der Waals surface area contributed by atoms with Crippen LogP contribution < -0.4 is 5.73 Å². The van der Waals surface area contributed by atoms with Crippen LogP contribution in [0, 0.1) is 21.3 Å². The number of ether oxygens (including phenoxy) is 1. The molecule has 3 saturated carbocycles. The highest BCUT2D eigenvalue weighted by atomic mass is 127. The number of nitrogens with two attached hydrogens (primary N) is 1. The summed E-state index contributed by atoms with van der Waals surface area (Å²) < 4.78 is 6.66. The third kappa shape index (κ3) is 2.92. The zero-order valence-corrected chi connectivity index (χ0v) is 18.3. The van der Waals surface area contributed by atoms with Gasteiger partial charge in [0.25, 0.3) is 0 Å². The van der Waals surface area contributed by atoms with E-state index in [4.69, 9.17) is 10.5 Å². The number of hydrogen-bond donors (Lipinski definition) is 2. The van der Waals surface area contributed by atoms with Crippen molar-refractivity contribution in [3.8, 4) is 0 Å². The van der Waals surface area contributed by atoms with Crippen molar-refractivity contribution >= 4 is 39.5 Å². The van der Waals surface area contributed by atoms with Gasteiger partial charge in [-0.3, -0.25) is 4.79 Å². The van der Waals surface area contributed by atoms with E-state index in [1.165, 1.54) is 27.4 Å². The third-order valence-corrected chi connectivity index (χ3v) is 7.79. The van der Waals surface area contributed by atoms with Gasteiger partial charge in [0.1, 0.15) is 5.41 Å². The van der Waals surface area contributed by atoms with Gasteiger partial charge in [-0.05, 0) is 96.3 Å². The van der Waals surface area contributed by atoms with Crippen molar-refractivity contribution < 1.29 is 9.53 Å². The molecule has 5 heteroatoms. The topological polar surface area (TPSA) is 68.1 Å². The summed E-state index contributed by atoms with van der Waals surface area (Å²) in [6, 6.07) is 6.45. The maximum Gasteiger partial charge on any atom is 0.318 e. The van der Waals surface area contributed by atoms with Crippen LogP contribution in [0.2, 0.25) is 0 Å². The number of aromatic amines is 1. The minimum Gasteiger partial charge on any atom is -0.468 e. The fourth-order valence-corrected chi connectivity index (χ4v) is 6.56. The van der Waals surface area contributed by atoms with Gasteiger partial charge in [0.2, 0.25) is 0 Å². The van der Waals surface area contributed by atoms with Crippen LogP contribution in [0.5, 0.6) is 0 Å². The second kappa shape index (κ2) is 7.39. The first-order valence-corrected chi connectivity index (χ1v) is 11.2. The summed E-state index contributed by atoms with van der Waals surface area (Å²) in [5.41, 5.74) is 8.86. The molecule has 4 unspecified atom stereocenters. The Morgan fingerprint density at radius 1 is 1.41 bits per heavy atom. The average molecular weight is 480 g/mol. The average Bonchev–Trinajstić information content (AvgIpc) is 3.05. The standard InChI is InChI=1S/C22H29IN2O2/c1-3-14-10-13-4-6-18(14)22(12-13,21(26)27-2)20-16(8-9-24)17-11-15(23)5-7-19(17)25-20/h5,7,11,13-14,18,25H,3-4,6,8-10,12,24H2,1-2H3. The molecule has 0 radical (unpaired) electrons. The number of hydrogen-bond acceptors (Lipinski definition) is 3. The van der Waals surface area contributed by atoms with Gasteiger partial charge in [-0.1, -0.05) is 19.8 Å². The first-order chi connectivity index (χ1) is 13.0. The number of methoxy groups -OCH3 is 1. The number of rotatable bonds is 5. The molecule has 1 aromatic heterocycles. The van der Waals surface area contributed by atoms with Crippen LogP contribution in [0.15, 0.2) is 18.2 Å². The van der Waals surface area contributed by atoms with Gasteiger partial charge >= 0.3 is 5.97 Å². The van der Waals surface area contributed by atoms with Gasteiger partial charge in [-0.15, -0.1) is 0 Å². The molecule has 1 aromatic carbocycles. The number of halogens is 1. The molecule has 27 heavy (non-hydrogen) atoms. The molecule has 5 rings (SSSR count). The molecule has 2 bridgehead atoms. The highest BCUT2D eigenvalue weighted by Crippen LogP contribution is 2.58. The highest BCUT2D eigenvalue weighted by Gasteiger charge is 2.58. The van der Waals surface area contributed by atoms with Crippen LogP contribution in [0.1, 0.15) is 50.3 Å². The van der Waals surface area contributed by atoms with Crippen molar-refractivity contribution in [3.05, 3.63) is 33.0 Å². The molecule has 0 amide bonds. The first kappa shape index (κ1) is 19.2. The molecule has 1 heterocycles. The Balaban J connectivity index is 1.97. The van der Waals surface area contributed by atoms with E-state index in [0.717, 1.165) is 36.9 Å². The number of nitrogens with one attached hydrogen (secondary N) is 1. The normalized spacial score (nSPS) is 30.0. The summed E-state index contributed by atoms with van der Waals surface area (Å²) >= 11 is 2.35. The summed E-state index contributed by atoms with van der Waals surface area (Å²) in [6.45, 7) is 2.84. The molecule has 3 fully saturated rings. The molecular weight excluding hydrogens is 451 g/mol. The lowest BCUT2D eigenvalue weighted by atomic mass is 9.50. The molecule has 3 aliphatic rings. The Morgan fingerprint density at radius 3 is 2.89 bits per heavy atom. The molecule has 0 spiro atoms. The fourth-order valence-electron chi connectivity index (χ4n) is 6.06. The van der Waals surface area contributed by atoms with E-state index >= 15 is 0 Å². The SMILES string of the molecule is CCC1CC2CCC1C(C(=O)OC)(c1[nH]c3ccc(I)cc3c1CCN)C2. The lowest BCUT2D eigenvalue weighted by Crippen LogP contribution is -2.55. The lowest BCUT2D eigenvalue weighted by molar-refractivity contribution is -0.158. The number of carbonyl (C=O) groups is 1. The molecule has 2 aromatic rings. The first-order valence-electron chi connectivity index (χ1n) is 10.1. The van der Waals surface area contributed by atoms with Gasteiger partial charge < -0.3 is 15.5 Å². The Labute approximate surface area is 174 Å². The molecule has 0 aliphatic heterocycles. The van der Waals surface area contributed by atoms with E-state index in [2.05, 4.69) is 52.7 Å². The van der Waals surface area contributed by atoms with Crippen molar-refractivity contribution in [1.29, 1.82) is 0 Å². The zero-order valence-electron chi connectivity index (χ0n) is 16.2. The van der Waals surface area contributed by atoms with E-state index in [-0.39, 0.29) is 5.97 Å². The van der Waals surface area contributed by atoms with E-state index in [9.17, 15) is 4.79 Å². The fraction of sp³-hybridized carbons (Fsp3) is 0.591. The van der Waals surface area contributed by atoms with E-state index in [1.807, 2.05) is 0 Å². The number of carbonyl (C=O) groups excluding carboxylic acids is 1. The maximum atomic E-state index is 13.4. The van der Waals surface area contributed by atoms with E-state index < -0.39 is 5.41 Å². The zero-order chi connectivity index (χ0) is 19.2. The molecule has 3 N–H and O–H groups in total. The summed E-state index contributed by atoms with van der Waals surface area (Å²) in [5.74, 6) is 1.49. The molecular formula is C22H29IN2O2. The summed E-state index contributed by atoms with van der Waals surface area (Å²) in [6.07, 6.45) is 6.43. The second-order valence-corrected chi connectivity index (χ2v) is 9.57. The highest BCUT2D eigenvalue weighted by molar-refractivity contribution is 14.1. The number of esters is 1. The van der Waals surface area contributed by atoms with Crippen LogP contribution in [-0.2, 0) is 21.4 Å². The molecule has 3 aliphatic carbocycles. The Morgan fingerprint density at radius 2 is 2.22 bits per heavy atom. The van der Waals surface area contributed by atoms with Crippen molar-refractivity contribution in [2.24, 2.45) is 23.5 Å². The van der Waals surface area contributed by atoms with Crippen LogP contribution in [0.4, 0.5) is 0 Å². The molecule has 0 saturated heterocycles. The minimum atomic E-state index is -0.550. The van der Waals surface area contributed by atoms with Crippen molar-refractivity contribution in [2.75, 3.05) is 13.7 Å². The minimum absolute atomic E-state index is 0.0603. The smallest absolute Gasteiger partial charge is 0.318 e. The quantitative estimate of drug-likeness (QED) is 0.488. The molecule has 146 valence electrons. The number of aromatic nitrogens is 1. The van der Waals surface area contributed by atoms with Gasteiger partial charge in [-0.2, -0.15) is 0 Å². The van der Waals surface area contributed by atoms with Crippen molar-refractivity contribution in [2.45, 2.75) is 50.9 Å². The summed E-state index contributed by atoms with van der Waals surface area (Å²) in [5, 5.41) is 1.21. The summed E-state index contributed by atoms with van der Waals surface area (Å²) in [7, 11) is 1.54. The Kier molecular flexibility index (Phi) is 5.27. The Bertz CT molecular complexity index is 861. The van der Waals surface area contributed by atoms with Gasteiger partial charge in [0.05, 0.1) is 7.11 Å². The van der Waals surface area contributed by atoms with Crippen LogP contribution in [0.3, 0.4) is 0 Å². The van der Waals surface area contributed by atoms with Crippen LogP contribution >= 0.6 is 22.6 Å². The Hall–Kier alpha value is -1.08. The van der Waals surface area contributed by atoms with Crippen molar-refractivity contribution in [3.63, 3.8) is 0 Å². The largest absolute Gasteiger partial charge is 0.468 e. The number of H-pyrrole nitrogens is 1. The number of fused-ring (bicyclic) bond motifs is 4. The predicted molar refractivity (Wildman–Crippen MR) is 117 cm³/mol. The van der Waals surface area contributed by atoms with Crippen molar-refractivity contribution in [1.82, 2.24) is 4.98 Å². The second-order valence-electron chi connectivity index (χ2n) is 8.33. The van der Waals surface area contributed by atoms with Gasteiger partial charge in [0, 0.05) is 20.2 Å². The van der Waals surface area contributed by atoms with Crippen LogP contribution in [0.25, 0.3) is 10.9 Å². The van der Waals surface area contributed by atoms with Crippen LogP contribution in [-0.4, -0.2) is 24.6 Å². The maximum absolute atomic E-state index is 13.4. The van der Waals surface area contributed by atoms with Gasteiger partial charge in [-0.25, -0.2) is 0 Å². The van der Waals surface area contributed by atoms with Gasteiger partial charge in [0.15, 0.2) is 0 Å². The lowest BCUT2D eigenvalue weighted by Gasteiger charge is -2.53. The number of benzene rings is 1. The third-order valence-electron chi connectivity index (χ3n) is 7.12. The monoisotopic (exact) mass is 480 g/mol. The molecule has 4 nitrogen and oxygen atoms in total. The van der Waals surface area contributed by atoms with E-state index in [0.29, 0.717) is 24.3 Å². The molecule has 4 atom stereocenters.